The second kappa shape index (κ2) is 7.77. The van der Waals surface area contributed by atoms with E-state index in [4.69, 9.17) is 11.6 Å². The van der Waals surface area contributed by atoms with Crippen LogP contribution in [0.4, 0.5) is 5.69 Å². The molecule has 2 aliphatic heterocycles. The van der Waals surface area contributed by atoms with Gasteiger partial charge in [-0.05, 0) is 61.7 Å². The van der Waals surface area contributed by atoms with Gasteiger partial charge >= 0.3 is 0 Å². The van der Waals surface area contributed by atoms with E-state index in [0.717, 1.165) is 50.6 Å². The Morgan fingerprint density at radius 3 is 2.60 bits per heavy atom. The predicted molar refractivity (Wildman–Crippen MR) is 106 cm³/mol. The quantitative estimate of drug-likeness (QED) is 0.880. The molecule has 2 heterocycles. The number of hydrogen-bond acceptors (Lipinski definition) is 3. The van der Waals surface area contributed by atoms with E-state index in [1.807, 2.05) is 0 Å². The molecule has 0 bridgehead atoms. The van der Waals surface area contributed by atoms with E-state index in [9.17, 15) is 0 Å². The van der Waals surface area contributed by atoms with Gasteiger partial charge in [0, 0.05) is 19.1 Å². The van der Waals surface area contributed by atoms with Crippen LogP contribution in [0.3, 0.4) is 0 Å². The molecule has 3 nitrogen and oxygen atoms in total. The summed E-state index contributed by atoms with van der Waals surface area (Å²) in [5, 5.41) is 7.94. The first-order valence-electron chi connectivity index (χ1n) is 9.35. The summed E-state index contributed by atoms with van der Waals surface area (Å²) >= 11 is 6.77. The van der Waals surface area contributed by atoms with Crippen molar-refractivity contribution in [1.82, 2.24) is 10.6 Å². The van der Waals surface area contributed by atoms with Crippen molar-refractivity contribution in [2.24, 2.45) is 0 Å². The van der Waals surface area contributed by atoms with Crippen molar-refractivity contribution in [3.05, 3.63) is 64.2 Å². The molecule has 2 aliphatic rings. The highest BCUT2D eigenvalue weighted by Gasteiger charge is 2.27. The Bertz CT molecular complexity index is 711. The number of benzene rings is 2. The van der Waals surface area contributed by atoms with Crippen LogP contribution in [0.5, 0.6) is 0 Å². The van der Waals surface area contributed by atoms with Gasteiger partial charge in [0.05, 0.1) is 10.7 Å². The SMILES string of the molecule is Clc1ccc2c(c1N(Cc1ccccc1)C1CCNC1)CCNCC2. The molecular formula is C21H26ClN3. The second-order valence-electron chi connectivity index (χ2n) is 7.04. The van der Waals surface area contributed by atoms with Crippen LogP contribution in [-0.2, 0) is 19.4 Å². The average Bonchev–Trinajstić information content (AvgIpc) is 3.07. The summed E-state index contributed by atoms with van der Waals surface area (Å²) in [6.45, 7) is 5.12. The van der Waals surface area contributed by atoms with Crippen LogP contribution in [0.25, 0.3) is 0 Å². The number of nitrogens with one attached hydrogen (secondary N) is 2. The maximum absolute atomic E-state index is 6.77. The van der Waals surface area contributed by atoms with Gasteiger partial charge in [0.2, 0.25) is 0 Å². The third-order valence-electron chi connectivity index (χ3n) is 5.41. The Balaban J connectivity index is 1.76. The van der Waals surface area contributed by atoms with Crippen LogP contribution in [0, 0.1) is 0 Å². The Labute approximate surface area is 155 Å². The van der Waals surface area contributed by atoms with Crippen molar-refractivity contribution in [1.29, 1.82) is 0 Å². The molecule has 132 valence electrons. The summed E-state index contributed by atoms with van der Waals surface area (Å²) in [6.07, 6.45) is 3.31. The van der Waals surface area contributed by atoms with Crippen LogP contribution in [-0.4, -0.2) is 32.2 Å². The topological polar surface area (TPSA) is 27.3 Å². The largest absolute Gasteiger partial charge is 0.361 e. The molecule has 1 saturated heterocycles. The minimum atomic E-state index is 0.500. The van der Waals surface area contributed by atoms with Crippen molar-refractivity contribution >= 4 is 17.3 Å². The Hall–Kier alpha value is -1.55. The fraction of sp³-hybridized carbons (Fsp3) is 0.429. The molecule has 4 rings (SSSR count). The van der Waals surface area contributed by atoms with Gasteiger partial charge in [-0.25, -0.2) is 0 Å². The highest BCUT2D eigenvalue weighted by molar-refractivity contribution is 6.33. The molecule has 2 aromatic rings. The summed E-state index contributed by atoms with van der Waals surface area (Å²) in [5.74, 6) is 0. The van der Waals surface area contributed by atoms with E-state index < -0.39 is 0 Å². The molecule has 0 spiro atoms. The van der Waals surface area contributed by atoms with Gasteiger partial charge in [-0.2, -0.15) is 0 Å². The lowest BCUT2D eigenvalue weighted by atomic mass is 9.98. The van der Waals surface area contributed by atoms with E-state index in [-0.39, 0.29) is 0 Å². The van der Waals surface area contributed by atoms with Crippen LogP contribution >= 0.6 is 11.6 Å². The summed E-state index contributed by atoms with van der Waals surface area (Å²) < 4.78 is 0. The molecule has 2 aromatic carbocycles. The van der Waals surface area contributed by atoms with Gasteiger partial charge in [-0.15, -0.1) is 0 Å². The number of nitrogens with zero attached hydrogens (tertiary/aromatic N) is 1. The minimum absolute atomic E-state index is 0.500. The number of halogens is 1. The lowest BCUT2D eigenvalue weighted by molar-refractivity contribution is 0.627. The van der Waals surface area contributed by atoms with E-state index >= 15 is 0 Å². The summed E-state index contributed by atoms with van der Waals surface area (Å²) in [6, 6.07) is 15.6. The maximum Gasteiger partial charge on any atom is 0.0642 e. The zero-order valence-corrected chi connectivity index (χ0v) is 15.4. The summed E-state index contributed by atoms with van der Waals surface area (Å²) in [7, 11) is 0. The smallest absolute Gasteiger partial charge is 0.0642 e. The fourth-order valence-corrected chi connectivity index (χ4v) is 4.40. The normalized spacial score (nSPS) is 20.1. The molecule has 0 radical (unpaired) electrons. The van der Waals surface area contributed by atoms with Crippen LogP contribution in [0.15, 0.2) is 42.5 Å². The molecule has 0 saturated carbocycles. The van der Waals surface area contributed by atoms with Crippen LogP contribution < -0.4 is 15.5 Å². The molecule has 2 N–H and O–H groups in total. The Kier molecular flexibility index (Phi) is 5.25. The minimum Gasteiger partial charge on any atom is -0.361 e. The third-order valence-corrected chi connectivity index (χ3v) is 5.72. The summed E-state index contributed by atoms with van der Waals surface area (Å²) in [5.41, 5.74) is 5.50. The van der Waals surface area contributed by atoms with E-state index in [1.165, 1.54) is 28.8 Å². The molecule has 1 atom stereocenters. The zero-order valence-electron chi connectivity index (χ0n) is 14.6. The molecule has 0 amide bonds. The highest BCUT2D eigenvalue weighted by atomic mass is 35.5. The summed E-state index contributed by atoms with van der Waals surface area (Å²) in [4.78, 5) is 2.56. The van der Waals surface area contributed by atoms with Crippen LogP contribution in [0.1, 0.15) is 23.1 Å². The molecule has 1 fully saturated rings. The first-order valence-corrected chi connectivity index (χ1v) is 9.73. The molecule has 0 aromatic heterocycles. The van der Waals surface area contributed by atoms with Crippen molar-refractivity contribution in [2.75, 3.05) is 31.1 Å². The second-order valence-corrected chi connectivity index (χ2v) is 7.45. The number of fused-ring (bicyclic) bond motifs is 1. The standard InChI is InChI=1S/C21H26ClN3/c22-20-7-6-17-8-11-23-13-10-19(17)21(20)25(18-9-12-24-14-18)15-16-4-2-1-3-5-16/h1-7,18,23-24H,8-15H2. The van der Waals surface area contributed by atoms with Gasteiger partial charge in [0.15, 0.2) is 0 Å². The van der Waals surface area contributed by atoms with Crippen molar-refractivity contribution in [2.45, 2.75) is 31.8 Å². The fourth-order valence-electron chi connectivity index (χ4n) is 4.11. The van der Waals surface area contributed by atoms with Crippen LogP contribution in [0.2, 0.25) is 5.02 Å². The lowest BCUT2D eigenvalue weighted by Gasteiger charge is -2.34. The number of hydrogen-bond donors (Lipinski definition) is 2. The molecular weight excluding hydrogens is 330 g/mol. The van der Waals surface area contributed by atoms with Gasteiger partial charge in [-0.1, -0.05) is 48.0 Å². The Morgan fingerprint density at radius 2 is 1.80 bits per heavy atom. The van der Waals surface area contributed by atoms with Gasteiger partial charge in [0.25, 0.3) is 0 Å². The zero-order chi connectivity index (χ0) is 17.1. The molecule has 4 heteroatoms. The molecule has 0 aliphatic carbocycles. The third kappa shape index (κ3) is 3.69. The van der Waals surface area contributed by atoms with Gasteiger partial charge in [-0.3, -0.25) is 0 Å². The highest BCUT2D eigenvalue weighted by Crippen LogP contribution is 2.36. The first kappa shape index (κ1) is 16.9. The first-order chi connectivity index (χ1) is 12.3. The van der Waals surface area contributed by atoms with E-state index in [2.05, 4.69) is 58.0 Å². The average molecular weight is 356 g/mol. The van der Waals surface area contributed by atoms with E-state index in [1.54, 1.807) is 0 Å². The van der Waals surface area contributed by atoms with Gasteiger partial charge < -0.3 is 15.5 Å². The molecule has 1 unspecified atom stereocenters. The van der Waals surface area contributed by atoms with Crippen molar-refractivity contribution in [3.63, 3.8) is 0 Å². The van der Waals surface area contributed by atoms with E-state index in [0.29, 0.717) is 6.04 Å². The number of anilines is 1. The van der Waals surface area contributed by atoms with Crippen molar-refractivity contribution in [3.8, 4) is 0 Å². The Morgan fingerprint density at radius 1 is 0.960 bits per heavy atom. The maximum atomic E-state index is 6.77. The number of rotatable bonds is 4. The monoisotopic (exact) mass is 355 g/mol. The van der Waals surface area contributed by atoms with Gasteiger partial charge in [0.1, 0.15) is 0 Å². The predicted octanol–water partition coefficient (Wildman–Crippen LogP) is 3.40. The lowest BCUT2D eigenvalue weighted by Crippen LogP contribution is -2.37. The van der Waals surface area contributed by atoms with Crippen molar-refractivity contribution < 1.29 is 0 Å². The molecule has 25 heavy (non-hydrogen) atoms.